The molecule has 9 heteroatoms. The number of aromatic nitrogens is 2. The van der Waals surface area contributed by atoms with Gasteiger partial charge in [0.25, 0.3) is 5.91 Å². The molecule has 4 rings (SSSR count). The molecule has 0 saturated heterocycles. The normalized spacial score (nSPS) is 22.4. The lowest BCUT2D eigenvalue weighted by molar-refractivity contribution is 0.0521. The average molecular weight is 470 g/mol. The van der Waals surface area contributed by atoms with Gasteiger partial charge >= 0.3 is 0 Å². The fourth-order valence-electron chi connectivity index (χ4n) is 4.55. The number of nitrogens with two attached hydrogens (primary N) is 1. The molecule has 1 aromatic carbocycles. The van der Waals surface area contributed by atoms with Gasteiger partial charge in [-0.15, -0.1) is 0 Å². The van der Waals surface area contributed by atoms with Crippen LogP contribution in [0.4, 0.5) is 18.9 Å². The standard InChI is InChI=1S/C25H25F3N4O2/c1-12-7-17(27)22(18(28)8-12)23-16(26)3-4-20(31-23)25(34)32-21-11-30-6-5-15(21)14-9-13(2)24(33)19(29)10-14/h3-8,11,13-14,19,24,33H,9-10,29H2,1-2H3,(H,32,34)/t13-,14+,19+,24+/m0/s1. The van der Waals surface area contributed by atoms with Crippen LogP contribution in [0.2, 0.25) is 0 Å². The summed E-state index contributed by atoms with van der Waals surface area (Å²) < 4.78 is 43.3. The van der Waals surface area contributed by atoms with Crippen LogP contribution in [0.5, 0.6) is 0 Å². The molecule has 1 aliphatic rings. The Morgan fingerprint density at radius 3 is 2.50 bits per heavy atom. The van der Waals surface area contributed by atoms with Gasteiger partial charge in [0.05, 0.1) is 23.6 Å². The van der Waals surface area contributed by atoms with E-state index >= 15 is 0 Å². The number of aliphatic hydroxyl groups is 1. The number of nitrogens with one attached hydrogen (secondary N) is 1. The molecule has 1 amide bonds. The summed E-state index contributed by atoms with van der Waals surface area (Å²) in [4.78, 5) is 21.0. The third kappa shape index (κ3) is 4.67. The Labute approximate surface area is 195 Å². The Morgan fingerprint density at radius 1 is 1.12 bits per heavy atom. The summed E-state index contributed by atoms with van der Waals surface area (Å²) in [6.45, 7) is 3.43. The van der Waals surface area contributed by atoms with Crippen molar-refractivity contribution in [3.8, 4) is 11.3 Å². The van der Waals surface area contributed by atoms with Crippen LogP contribution in [-0.2, 0) is 0 Å². The van der Waals surface area contributed by atoms with Crippen molar-refractivity contribution in [1.29, 1.82) is 0 Å². The Hall–Kier alpha value is -3.30. The predicted molar refractivity (Wildman–Crippen MR) is 122 cm³/mol. The van der Waals surface area contributed by atoms with Gasteiger partial charge in [-0.3, -0.25) is 9.78 Å². The lowest BCUT2D eigenvalue weighted by Crippen LogP contribution is -2.44. The number of amides is 1. The minimum Gasteiger partial charge on any atom is -0.391 e. The average Bonchev–Trinajstić information content (AvgIpc) is 2.78. The minimum atomic E-state index is -0.971. The summed E-state index contributed by atoms with van der Waals surface area (Å²) in [6.07, 6.45) is 3.69. The van der Waals surface area contributed by atoms with Crippen molar-refractivity contribution < 1.29 is 23.1 Å². The highest BCUT2D eigenvalue weighted by Crippen LogP contribution is 2.38. The van der Waals surface area contributed by atoms with Crippen LogP contribution in [0.1, 0.15) is 47.3 Å². The van der Waals surface area contributed by atoms with Crippen molar-refractivity contribution >= 4 is 11.6 Å². The predicted octanol–water partition coefficient (Wildman–Crippen LogP) is 4.32. The molecular weight excluding hydrogens is 445 g/mol. The molecule has 2 aromatic heterocycles. The number of hydrogen-bond acceptors (Lipinski definition) is 5. The topological polar surface area (TPSA) is 101 Å². The smallest absolute Gasteiger partial charge is 0.274 e. The fourth-order valence-corrected chi connectivity index (χ4v) is 4.55. The number of aliphatic hydroxyl groups excluding tert-OH is 1. The highest BCUT2D eigenvalue weighted by atomic mass is 19.1. The van der Waals surface area contributed by atoms with Crippen LogP contribution in [0.3, 0.4) is 0 Å². The second kappa shape index (κ2) is 9.52. The van der Waals surface area contributed by atoms with Gasteiger partial charge in [0.2, 0.25) is 0 Å². The second-order valence-corrected chi connectivity index (χ2v) is 8.85. The molecule has 4 atom stereocenters. The summed E-state index contributed by atoms with van der Waals surface area (Å²) in [5, 5.41) is 12.9. The van der Waals surface area contributed by atoms with Gasteiger partial charge < -0.3 is 16.2 Å². The fraction of sp³-hybridized carbons (Fsp3) is 0.320. The lowest BCUT2D eigenvalue weighted by Gasteiger charge is -2.36. The van der Waals surface area contributed by atoms with Crippen LogP contribution < -0.4 is 11.1 Å². The van der Waals surface area contributed by atoms with E-state index in [4.69, 9.17) is 5.73 Å². The lowest BCUT2D eigenvalue weighted by atomic mass is 9.74. The van der Waals surface area contributed by atoms with E-state index in [1.54, 1.807) is 12.3 Å². The van der Waals surface area contributed by atoms with E-state index in [0.29, 0.717) is 24.1 Å². The molecule has 178 valence electrons. The van der Waals surface area contributed by atoms with Crippen LogP contribution in [0.15, 0.2) is 42.7 Å². The highest BCUT2D eigenvalue weighted by molar-refractivity contribution is 6.03. The number of benzene rings is 1. The number of hydrogen-bond donors (Lipinski definition) is 3. The van der Waals surface area contributed by atoms with Crippen molar-refractivity contribution in [3.63, 3.8) is 0 Å². The molecule has 1 aliphatic carbocycles. The van der Waals surface area contributed by atoms with Gasteiger partial charge in [-0.25, -0.2) is 18.2 Å². The maximum absolute atomic E-state index is 14.4. The zero-order valence-corrected chi connectivity index (χ0v) is 18.7. The number of aryl methyl sites for hydroxylation is 1. The first-order valence-electron chi connectivity index (χ1n) is 11.0. The third-order valence-corrected chi connectivity index (χ3v) is 6.28. The molecule has 0 spiro atoms. The van der Waals surface area contributed by atoms with E-state index in [-0.39, 0.29) is 17.5 Å². The van der Waals surface area contributed by atoms with Crippen LogP contribution in [0, 0.1) is 30.3 Å². The molecule has 1 fully saturated rings. The van der Waals surface area contributed by atoms with Crippen LogP contribution in [-0.4, -0.2) is 33.1 Å². The largest absolute Gasteiger partial charge is 0.391 e. The molecule has 6 nitrogen and oxygen atoms in total. The number of rotatable bonds is 4. The molecule has 34 heavy (non-hydrogen) atoms. The number of pyridine rings is 2. The van der Waals surface area contributed by atoms with Gasteiger partial charge in [0.15, 0.2) is 0 Å². The summed E-state index contributed by atoms with van der Waals surface area (Å²) >= 11 is 0. The molecule has 0 aliphatic heterocycles. The number of halogens is 3. The molecule has 0 radical (unpaired) electrons. The zero-order valence-electron chi connectivity index (χ0n) is 18.7. The Balaban J connectivity index is 1.64. The van der Waals surface area contributed by atoms with Gasteiger partial charge in [0, 0.05) is 12.2 Å². The molecule has 4 N–H and O–H groups in total. The Kier molecular flexibility index (Phi) is 6.67. The number of carbonyl (C=O) groups is 1. The van der Waals surface area contributed by atoms with E-state index in [9.17, 15) is 23.1 Å². The monoisotopic (exact) mass is 470 g/mol. The van der Waals surface area contributed by atoms with Gasteiger partial charge in [-0.05, 0) is 73.1 Å². The van der Waals surface area contributed by atoms with Crippen molar-refractivity contribution in [2.24, 2.45) is 11.7 Å². The second-order valence-electron chi connectivity index (χ2n) is 8.85. The maximum Gasteiger partial charge on any atom is 0.274 e. The SMILES string of the molecule is Cc1cc(F)c(-c2nc(C(=O)Nc3cnccc3[C@H]3C[C@@H](N)[C@H](O)[C@@H](C)C3)ccc2F)c(F)c1. The maximum atomic E-state index is 14.4. The highest BCUT2D eigenvalue weighted by Gasteiger charge is 2.34. The van der Waals surface area contributed by atoms with Gasteiger partial charge in [0.1, 0.15) is 28.8 Å². The molecule has 3 aromatic rings. The number of anilines is 1. The quantitative estimate of drug-likeness (QED) is 0.527. The molecule has 0 unspecified atom stereocenters. The third-order valence-electron chi connectivity index (χ3n) is 6.28. The Bertz CT molecular complexity index is 1200. The van der Waals surface area contributed by atoms with Crippen molar-refractivity contribution in [3.05, 3.63) is 77.0 Å². The van der Waals surface area contributed by atoms with E-state index in [1.165, 1.54) is 13.1 Å². The summed E-state index contributed by atoms with van der Waals surface area (Å²) in [7, 11) is 0. The summed E-state index contributed by atoms with van der Waals surface area (Å²) in [5.41, 5.74) is 6.22. The first-order chi connectivity index (χ1) is 16.2. The molecule has 2 heterocycles. The van der Waals surface area contributed by atoms with Crippen molar-refractivity contribution in [2.75, 3.05) is 5.32 Å². The minimum absolute atomic E-state index is 0.0146. The van der Waals surface area contributed by atoms with Crippen molar-refractivity contribution in [1.82, 2.24) is 9.97 Å². The molecule has 0 bridgehead atoms. The Morgan fingerprint density at radius 2 is 1.82 bits per heavy atom. The number of nitrogens with zero attached hydrogens (tertiary/aromatic N) is 2. The number of carbonyl (C=O) groups excluding carboxylic acids is 1. The zero-order chi connectivity index (χ0) is 24.6. The van der Waals surface area contributed by atoms with E-state index in [0.717, 1.165) is 29.8 Å². The first-order valence-corrected chi connectivity index (χ1v) is 11.0. The van der Waals surface area contributed by atoms with Crippen molar-refractivity contribution in [2.45, 2.75) is 44.8 Å². The van der Waals surface area contributed by atoms with E-state index < -0.39 is 46.8 Å². The molecular formula is C25H25F3N4O2. The van der Waals surface area contributed by atoms with Crippen LogP contribution >= 0.6 is 0 Å². The summed E-state index contributed by atoms with van der Waals surface area (Å²) in [6, 6.07) is 5.61. The van der Waals surface area contributed by atoms with E-state index in [2.05, 4.69) is 15.3 Å². The molecule has 1 saturated carbocycles. The first kappa shape index (κ1) is 23.8. The van der Waals surface area contributed by atoms with Gasteiger partial charge in [-0.1, -0.05) is 6.92 Å². The summed E-state index contributed by atoms with van der Waals surface area (Å²) in [5.74, 6) is -3.62. The van der Waals surface area contributed by atoms with Crippen LogP contribution in [0.25, 0.3) is 11.3 Å². The van der Waals surface area contributed by atoms with Gasteiger partial charge in [-0.2, -0.15) is 0 Å². The van der Waals surface area contributed by atoms with E-state index in [1.807, 2.05) is 6.92 Å².